The molecule has 0 atom stereocenters. The number of H-pyrrole nitrogens is 1. The number of benzene rings is 1. The number of alkyl halides is 3. The van der Waals surface area contributed by atoms with Crippen molar-refractivity contribution in [2.45, 2.75) is 6.18 Å². The van der Waals surface area contributed by atoms with Gasteiger partial charge in [0, 0.05) is 38.9 Å². The van der Waals surface area contributed by atoms with E-state index < -0.39 is 17.8 Å². The van der Waals surface area contributed by atoms with Crippen LogP contribution in [0.2, 0.25) is 5.02 Å². The van der Waals surface area contributed by atoms with E-state index in [1.807, 2.05) is 5.10 Å². The number of aromatic amines is 1. The molecule has 3 N–H and O–H groups in total. The number of amides is 2. The molecule has 1 aromatic carbocycles. The maximum absolute atomic E-state index is 13.2. The Labute approximate surface area is 203 Å². The number of imidazole rings is 1. The Bertz CT molecular complexity index is 1200. The molecule has 0 unspecified atom stereocenters. The smallest absolute Gasteiger partial charge is 0.336 e. The first-order valence-corrected chi connectivity index (χ1v) is 10.3. The third-order valence-electron chi connectivity index (χ3n) is 5.25. The second-order valence-electron chi connectivity index (χ2n) is 7.37. The van der Waals surface area contributed by atoms with Crippen LogP contribution in [0.4, 0.5) is 18.9 Å². The first-order valence-electron chi connectivity index (χ1n) is 9.90. The summed E-state index contributed by atoms with van der Waals surface area (Å²) in [6, 6.07) is 4.49. The van der Waals surface area contributed by atoms with Crippen LogP contribution in [0, 0.1) is 0 Å². The SMILES string of the molecule is Cl.Cn1c(-c2cn[nH]c2C(F)(F)F)cnc1C(=O)Nc1ccc(C(=O)N2CCNCC2)c(Cl)c1. The van der Waals surface area contributed by atoms with E-state index in [1.54, 1.807) is 4.90 Å². The Morgan fingerprint density at radius 1 is 1.18 bits per heavy atom. The molecule has 0 saturated carbocycles. The van der Waals surface area contributed by atoms with Crippen LogP contribution in [-0.4, -0.2) is 62.6 Å². The van der Waals surface area contributed by atoms with E-state index in [-0.39, 0.29) is 40.4 Å². The number of rotatable bonds is 4. The third-order valence-corrected chi connectivity index (χ3v) is 5.56. The number of aromatic nitrogens is 4. The van der Waals surface area contributed by atoms with Crippen LogP contribution < -0.4 is 10.6 Å². The Kier molecular flexibility index (Phi) is 7.54. The molecule has 0 aliphatic carbocycles. The van der Waals surface area contributed by atoms with Gasteiger partial charge in [-0.1, -0.05) is 11.6 Å². The van der Waals surface area contributed by atoms with Crippen molar-refractivity contribution in [2.24, 2.45) is 7.05 Å². The maximum atomic E-state index is 13.2. The molecule has 3 heterocycles. The number of hydrogen-bond acceptors (Lipinski definition) is 5. The number of nitrogens with zero attached hydrogens (tertiary/aromatic N) is 4. The number of halogens is 5. The van der Waals surface area contributed by atoms with E-state index in [4.69, 9.17) is 11.6 Å². The number of anilines is 1. The number of carbonyl (C=O) groups is 2. The lowest BCUT2D eigenvalue weighted by atomic mass is 10.1. The van der Waals surface area contributed by atoms with Gasteiger partial charge in [-0.2, -0.15) is 18.3 Å². The summed E-state index contributed by atoms with van der Waals surface area (Å²) in [4.78, 5) is 31.0. The molecule has 3 aromatic rings. The maximum Gasteiger partial charge on any atom is 0.433 e. The lowest BCUT2D eigenvalue weighted by molar-refractivity contribution is -0.140. The first-order chi connectivity index (χ1) is 15.7. The lowest BCUT2D eigenvalue weighted by Crippen LogP contribution is -2.46. The molecule has 2 aromatic heterocycles. The minimum Gasteiger partial charge on any atom is -0.336 e. The van der Waals surface area contributed by atoms with Crippen molar-refractivity contribution in [3.8, 4) is 11.3 Å². The van der Waals surface area contributed by atoms with Gasteiger partial charge < -0.3 is 20.1 Å². The summed E-state index contributed by atoms with van der Waals surface area (Å²) in [7, 11) is 1.42. The highest BCUT2D eigenvalue weighted by atomic mass is 35.5. The summed E-state index contributed by atoms with van der Waals surface area (Å²) >= 11 is 6.28. The third kappa shape index (κ3) is 5.03. The van der Waals surface area contributed by atoms with Crippen molar-refractivity contribution in [3.05, 3.63) is 52.7 Å². The average Bonchev–Trinajstić information content (AvgIpc) is 3.40. The van der Waals surface area contributed by atoms with Gasteiger partial charge in [-0.25, -0.2) is 4.98 Å². The van der Waals surface area contributed by atoms with Crippen LogP contribution in [0.25, 0.3) is 11.3 Å². The second kappa shape index (κ2) is 10.0. The summed E-state index contributed by atoms with van der Waals surface area (Å²) < 4.78 is 40.8. The van der Waals surface area contributed by atoms with Crippen LogP contribution in [0.3, 0.4) is 0 Å². The fraction of sp³-hybridized carbons (Fsp3) is 0.300. The Morgan fingerprint density at radius 3 is 2.53 bits per heavy atom. The van der Waals surface area contributed by atoms with Crippen molar-refractivity contribution < 1.29 is 22.8 Å². The van der Waals surface area contributed by atoms with Gasteiger partial charge in [-0.15, -0.1) is 12.4 Å². The molecule has 1 saturated heterocycles. The zero-order chi connectivity index (χ0) is 23.8. The molecule has 4 rings (SSSR count). The predicted octanol–water partition coefficient (Wildman–Crippen LogP) is 3.20. The van der Waals surface area contributed by atoms with Crippen LogP contribution >= 0.6 is 24.0 Å². The lowest BCUT2D eigenvalue weighted by Gasteiger charge is -2.27. The quantitative estimate of drug-likeness (QED) is 0.492. The van der Waals surface area contributed by atoms with Crippen LogP contribution in [0.5, 0.6) is 0 Å². The van der Waals surface area contributed by atoms with E-state index in [0.717, 1.165) is 12.4 Å². The van der Waals surface area contributed by atoms with Crippen LogP contribution in [-0.2, 0) is 13.2 Å². The van der Waals surface area contributed by atoms with Gasteiger partial charge in [-0.05, 0) is 18.2 Å². The summed E-state index contributed by atoms with van der Waals surface area (Å²) in [5, 5.41) is 11.3. The second-order valence-corrected chi connectivity index (χ2v) is 7.78. The molecule has 0 bridgehead atoms. The van der Waals surface area contributed by atoms with E-state index in [1.165, 1.54) is 29.8 Å². The van der Waals surface area contributed by atoms with E-state index in [2.05, 4.69) is 20.7 Å². The van der Waals surface area contributed by atoms with Gasteiger partial charge >= 0.3 is 6.18 Å². The number of hydrogen-bond donors (Lipinski definition) is 3. The minimum absolute atomic E-state index is 0. The van der Waals surface area contributed by atoms with Gasteiger partial charge in [0.05, 0.1) is 34.2 Å². The molecule has 1 aliphatic heterocycles. The Morgan fingerprint density at radius 2 is 1.88 bits per heavy atom. The van der Waals surface area contributed by atoms with Gasteiger partial charge in [0.1, 0.15) is 5.69 Å². The van der Waals surface area contributed by atoms with Gasteiger partial charge in [0.15, 0.2) is 5.82 Å². The molecule has 9 nitrogen and oxygen atoms in total. The van der Waals surface area contributed by atoms with Gasteiger partial charge in [0.2, 0.25) is 0 Å². The van der Waals surface area contributed by atoms with E-state index in [0.29, 0.717) is 37.4 Å². The fourth-order valence-corrected chi connectivity index (χ4v) is 3.82. The molecule has 1 fully saturated rings. The topological polar surface area (TPSA) is 108 Å². The summed E-state index contributed by atoms with van der Waals surface area (Å²) in [5.41, 5.74) is -0.568. The van der Waals surface area contributed by atoms with Crippen LogP contribution in [0.15, 0.2) is 30.6 Å². The first kappa shape index (κ1) is 25.5. The van der Waals surface area contributed by atoms with Crippen molar-refractivity contribution in [3.63, 3.8) is 0 Å². The summed E-state index contributed by atoms with van der Waals surface area (Å²) in [6.45, 7) is 2.54. The Balaban J connectivity index is 0.00000324. The van der Waals surface area contributed by atoms with Crippen molar-refractivity contribution in [1.29, 1.82) is 0 Å². The number of nitrogens with one attached hydrogen (secondary N) is 3. The molecular formula is C20H20Cl2F3N7O2. The predicted molar refractivity (Wildman–Crippen MR) is 121 cm³/mol. The Hall–Kier alpha value is -3.09. The average molecular weight is 518 g/mol. The van der Waals surface area contributed by atoms with E-state index in [9.17, 15) is 22.8 Å². The molecule has 2 amide bonds. The number of carbonyl (C=O) groups excluding carboxylic acids is 2. The zero-order valence-corrected chi connectivity index (χ0v) is 19.3. The highest BCUT2D eigenvalue weighted by Gasteiger charge is 2.37. The normalized spacial score (nSPS) is 14.0. The fourth-order valence-electron chi connectivity index (χ4n) is 3.56. The summed E-state index contributed by atoms with van der Waals surface area (Å²) in [5.74, 6) is -0.969. The van der Waals surface area contributed by atoms with Crippen molar-refractivity contribution >= 4 is 41.5 Å². The standard InChI is InChI=1S/C20H19ClF3N7O2.ClH/c1-30-15(13-9-27-29-16(13)20(22,23)24)10-26-17(30)18(32)28-11-2-3-12(14(21)8-11)19(33)31-6-4-25-5-7-31;/h2-3,8-10,25H,4-7H2,1H3,(H,27,29)(H,28,32);1H. The minimum atomic E-state index is -4.64. The molecule has 182 valence electrons. The van der Waals surface area contributed by atoms with E-state index >= 15 is 0 Å². The molecule has 14 heteroatoms. The molecule has 34 heavy (non-hydrogen) atoms. The van der Waals surface area contributed by atoms with Crippen molar-refractivity contribution in [1.82, 2.24) is 30.0 Å². The number of piperazine rings is 1. The highest BCUT2D eigenvalue weighted by Crippen LogP contribution is 2.35. The molecular weight excluding hydrogens is 498 g/mol. The van der Waals surface area contributed by atoms with Gasteiger partial charge in [0.25, 0.3) is 11.8 Å². The van der Waals surface area contributed by atoms with Crippen molar-refractivity contribution in [2.75, 3.05) is 31.5 Å². The van der Waals surface area contributed by atoms with Crippen LogP contribution in [0.1, 0.15) is 26.7 Å². The highest BCUT2D eigenvalue weighted by molar-refractivity contribution is 6.34. The molecule has 0 spiro atoms. The molecule has 0 radical (unpaired) electrons. The zero-order valence-electron chi connectivity index (χ0n) is 17.7. The monoisotopic (exact) mass is 517 g/mol. The summed E-state index contributed by atoms with van der Waals surface area (Å²) in [6.07, 6.45) is -2.45. The van der Waals surface area contributed by atoms with Gasteiger partial charge in [-0.3, -0.25) is 14.7 Å². The largest absolute Gasteiger partial charge is 0.433 e. The molecule has 1 aliphatic rings.